The molecule has 0 aliphatic heterocycles. The average Bonchev–Trinajstić information content (AvgIpc) is 2.02. The molecule has 0 aromatic carbocycles. The molecule has 0 spiro atoms. The molecule has 0 aromatic rings. The standard InChI is InChI=1S/C11H19N/c1-11(2,12)9-8-10-6-4-3-5-7-10/h4-7,10H,3,8-9,12H2,1-2H3. The van der Waals surface area contributed by atoms with Gasteiger partial charge in [-0.3, -0.25) is 0 Å². The third-order valence-electron chi connectivity index (χ3n) is 2.16. The van der Waals surface area contributed by atoms with Gasteiger partial charge in [-0.2, -0.15) is 0 Å². The topological polar surface area (TPSA) is 26.0 Å². The number of nitrogens with two attached hydrogens (primary N) is 1. The summed E-state index contributed by atoms with van der Waals surface area (Å²) in [5.41, 5.74) is 5.89. The number of hydrogen-bond acceptors (Lipinski definition) is 1. The van der Waals surface area contributed by atoms with E-state index in [0.717, 1.165) is 12.8 Å². The monoisotopic (exact) mass is 165 g/mol. The Morgan fingerprint density at radius 1 is 1.33 bits per heavy atom. The molecular formula is C11H19N. The van der Waals surface area contributed by atoms with E-state index in [1.807, 2.05) is 0 Å². The van der Waals surface area contributed by atoms with Crippen molar-refractivity contribution < 1.29 is 0 Å². The predicted octanol–water partition coefficient (Wildman–Crippen LogP) is 2.64. The minimum Gasteiger partial charge on any atom is -0.326 e. The van der Waals surface area contributed by atoms with Crippen LogP contribution in [0.4, 0.5) is 0 Å². The fourth-order valence-corrected chi connectivity index (χ4v) is 1.38. The quantitative estimate of drug-likeness (QED) is 0.639. The van der Waals surface area contributed by atoms with Gasteiger partial charge >= 0.3 is 0 Å². The van der Waals surface area contributed by atoms with Crippen molar-refractivity contribution in [3.8, 4) is 0 Å². The molecule has 0 radical (unpaired) electrons. The van der Waals surface area contributed by atoms with Gasteiger partial charge < -0.3 is 5.73 Å². The molecule has 1 aliphatic rings. The highest BCUT2D eigenvalue weighted by Gasteiger charge is 2.12. The summed E-state index contributed by atoms with van der Waals surface area (Å²) in [6, 6.07) is 0. The van der Waals surface area contributed by atoms with Crippen LogP contribution in [0.25, 0.3) is 0 Å². The van der Waals surface area contributed by atoms with E-state index in [1.165, 1.54) is 6.42 Å². The molecule has 12 heavy (non-hydrogen) atoms. The highest BCUT2D eigenvalue weighted by molar-refractivity contribution is 5.08. The third-order valence-corrected chi connectivity index (χ3v) is 2.16. The van der Waals surface area contributed by atoms with E-state index < -0.39 is 0 Å². The molecule has 0 unspecified atom stereocenters. The van der Waals surface area contributed by atoms with Crippen molar-refractivity contribution in [1.29, 1.82) is 0 Å². The molecule has 0 saturated carbocycles. The van der Waals surface area contributed by atoms with Gasteiger partial charge in [0.05, 0.1) is 0 Å². The maximum absolute atomic E-state index is 5.90. The highest BCUT2D eigenvalue weighted by atomic mass is 14.7. The SMILES string of the molecule is CC(C)(N)CCC1C=CCC=C1. The Labute approximate surface area is 75.3 Å². The third kappa shape index (κ3) is 3.72. The fraction of sp³-hybridized carbons (Fsp3) is 0.636. The van der Waals surface area contributed by atoms with Gasteiger partial charge in [-0.15, -0.1) is 0 Å². The van der Waals surface area contributed by atoms with Crippen LogP contribution in [0.2, 0.25) is 0 Å². The van der Waals surface area contributed by atoms with E-state index in [4.69, 9.17) is 5.73 Å². The van der Waals surface area contributed by atoms with Gasteiger partial charge in [-0.05, 0) is 39.0 Å². The smallest absolute Gasteiger partial charge is 0.00973 e. The molecule has 1 aliphatic carbocycles. The molecule has 0 atom stereocenters. The van der Waals surface area contributed by atoms with Gasteiger partial charge in [0.1, 0.15) is 0 Å². The first-order valence-corrected chi connectivity index (χ1v) is 4.70. The largest absolute Gasteiger partial charge is 0.326 e. The first-order chi connectivity index (χ1) is 5.58. The van der Waals surface area contributed by atoms with Crippen LogP contribution in [-0.2, 0) is 0 Å². The zero-order chi connectivity index (χ0) is 9.03. The van der Waals surface area contributed by atoms with Gasteiger partial charge in [0.25, 0.3) is 0 Å². The van der Waals surface area contributed by atoms with E-state index >= 15 is 0 Å². The molecule has 0 heterocycles. The predicted molar refractivity (Wildman–Crippen MR) is 53.9 cm³/mol. The van der Waals surface area contributed by atoms with Gasteiger partial charge in [0.2, 0.25) is 0 Å². The van der Waals surface area contributed by atoms with Crippen molar-refractivity contribution in [2.75, 3.05) is 0 Å². The normalized spacial score (nSPS) is 18.6. The molecule has 1 rings (SSSR count). The van der Waals surface area contributed by atoms with Gasteiger partial charge in [-0.1, -0.05) is 24.3 Å². The molecule has 1 nitrogen and oxygen atoms in total. The Hall–Kier alpha value is -0.560. The Bertz CT molecular complexity index is 172. The second-order valence-corrected chi connectivity index (χ2v) is 4.28. The van der Waals surface area contributed by atoms with E-state index in [2.05, 4.69) is 38.2 Å². The van der Waals surface area contributed by atoms with E-state index in [1.54, 1.807) is 0 Å². The van der Waals surface area contributed by atoms with Crippen molar-refractivity contribution in [2.45, 2.75) is 38.6 Å². The first kappa shape index (κ1) is 9.53. The Kier molecular flexibility index (Phi) is 3.10. The number of hydrogen-bond donors (Lipinski definition) is 1. The summed E-state index contributed by atoms with van der Waals surface area (Å²) in [6.45, 7) is 4.17. The number of rotatable bonds is 3. The average molecular weight is 165 g/mol. The van der Waals surface area contributed by atoms with Crippen molar-refractivity contribution in [1.82, 2.24) is 0 Å². The fourth-order valence-electron chi connectivity index (χ4n) is 1.38. The summed E-state index contributed by atoms with van der Waals surface area (Å²) >= 11 is 0. The number of allylic oxidation sites excluding steroid dienone is 4. The van der Waals surface area contributed by atoms with Gasteiger partial charge in [0, 0.05) is 5.54 Å². The molecule has 0 aromatic heterocycles. The minimum absolute atomic E-state index is 0.0148. The summed E-state index contributed by atoms with van der Waals surface area (Å²) in [6.07, 6.45) is 12.4. The van der Waals surface area contributed by atoms with Crippen molar-refractivity contribution in [3.05, 3.63) is 24.3 Å². The molecule has 68 valence electrons. The van der Waals surface area contributed by atoms with Crippen molar-refractivity contribution >= 4 is 0 Å². The zero-order valence-electron chi connectivity index (χ0n) is 8.09. The summed E-state index contributed by atoms with van der Waals surface area (Å²) < 4.78 is 0. The summed E-state index contributed by atoms with van der Waals surface area (Å²) in [7, 11) is 0. The zero-order valence-corrected chi connectivity index (χ0v) is 8.09. The summed E-state index contributed by atoms with van der Waals surface area (Å²) in [5.74, 6) is 0.626. The highest BCUT2D eigenvalue weighted by Crippen LogP contribution is 2.19. The summed E-state index contributed by atoms with van der Waals surface area (Å²) in [5, 5.41) is 0. The molecule has 2 N–H and O–H groups in total. The van der Waals surface area contributed by atoms with E-state index in [0.29, 0.717) is 5.92 Å². The lowest BCUT2D eigenvalue weighted by Gasteiger charge is -2.20. The van der Waals surface area contributed by atoms with Crippen LogP contribution in [-0.4, -0.2) is 5.54 Å². The van der Waals surface area contributed by atoms with E-state index in [-0.39, 0.29) is 5.54 Å². The maximum Gasteiger partial charge on any atom is 0.00973 e. The lowest BCUT2D eigenvalue weighted by molar-refractivity contribution is 0.440. The van der Waals surface area contributed by atoms with Gasteiger partial charge in [-0.25, -0.2) is 0 Å². The molecule has 0 saturated heterocycles. The van der Waals surface area contributed by atoms with Crippen LogP contribution >= 0.6 is 0 Å². The molecule has 0 bridgehead atoms. The van der Waals surface area contributed by atoms with Crippen LogP contribution < -0.4 is 5.73 Å². The van der Waals surface area contributed by atoms with Crippen molar-refractivity contribution in [3.63, 3.8) is 0 Å². The Balaban J connectivity index is 2.27. The van der Waals surface area contributed by atoms with Crippen LogP contribution in [0.3, 0.4) is 0 Å². The van der Waals surface area contributed by atoms with Crippen LogP contribution in [0, 0.1) is 5.92 Å². The second-order valence-electron chi connectivity index (χ2n) is 4.28. The minimum atomic E-state index is -0.0148. The molecule has 0 fully saturated rings. The second kappa shape index (κ2) is 3.90. The maximum atomic E-state index is 5.90. The Morgan fingerprint density at radius 2 is 1.92 bits per heavy atom. The lowest BCUT2D eigenvalue weighted by Crippen LogP contribution is -2.32. The van der Waals surface area contributed by atoms with Crippen molar-refractivity contribution in [2.24, 2.45) is 11.7 Å². The molecule has 0 amide bonds. The van der Waals surface area contributed by atoms with Gasteiger partial charge in [0.15, 0.2) is 0 Å². The van der Waals surface area contributed by atoms with Crippen LogP contribution in [0.15, 0.2) is 24.3 Å². The summed E-state index contributed by atoms with van der Waals surface area (Å²) in [4.78, 5) is 0. The molecule has 1 heteroatoms. The lowest BCUT2D eigenvalue weighted by atomic mass is 9.91. The van der Waals surface area contributed by atoms with Crippen LogP contribution in [0.5, 0.6) is 0 Å². The first-order valence-electron chi connectivity index (χ1n) is 4.70. The van der Waals surface area contributed by atoms with Crippen LogP contribution in [0.1, 0.15) is 33.1 Å². The van der Waals surface area contributed by atoms with E-state index in [9.17, 15) is 0 Å². The molecular weight excluding hydrogens is 146 g/mol. The Morgan fingerprint density at radius 3 is 2.42 bits per heavy atom.